The number of hydrogen-bond donors (Lipinski definition) is 1. The topological polar surface area (TPSA) is 65.2 Å². The molecule has 2 N–H and O–H groups in total. The Morgan fingerprint density at radius 3 is 2.58 bits per heavy atom. The van der Waals surface area contributed by atoms with E-state index in [1.807, 2.05) is 0 Å². The maximum absolute atomic E-state index is 12.8. The van der Waals surface area contributed by atoms with Crippen molar-refractivity contribution in [1.82, 2.24) is 4.98 Å². The van der Waals surface area contributed by atoms with Crippen molar-refractivity contribution in [3.05, 3.63) is 53.5 Å². The van der Waals surface area contributed by atoms with Gasteiger partial charge in [0.15, 0.2) is 0 Å². The monoisotopic (exact) mass is 260 g/mol. The van der Waals surface area contributed by atoms with Gasteiger partial charge in [-0.05, 0) is 35.7 Å². The first kappa shape index (κ1) is 13.0. The van der Waals surface area contributed by atoms with Gasteiger partial charge in [-0.15, -0.1) is 0 Å². The number of carbonyl (C=O) groups excluding carboxylic acids is 1. The Kier molecular flexibility index (Phi) is 3.75. The molecular formula is C14H13FN2O2. The third-order valence-corrected chi connectivity index (χ3v) is 2.50. The smallest absolute Gasteiger partial charge is 0.309 e. The van der Waals surface area contributed by atoms with Crippen molar-refractivity contribution in [1.29, 1.82) is 0 Å². The van der Waals surface area contributed by atoms with Gasteiger partial charge in [-0.3, -0.25) is 4.79 Å². The zero-order valence-corrected chi connectivity index (χ0v) is 10.4. The minimum atomic E-state index is -0.467. The number of nitrogen functional groups attached to an aromatic ring is 1. The van der Waals surface area contributed by atoms with Crippen LogP contribution in [0.1, 0.15) is 18.1 Å². The number of anilines is 1. The summed E-state index contributed by atoms with van der Waals surface area (Å²) in [5.74, 6) is -0.632. The molecule has 0 aliphatic carbocycles. The van der Waals surface area contributed by atoms with E-state index in [9.17, 15) is 9.18 Å². The standard InChI is InChI=1S/C14H13FN2O2/c1-9(18)19-14-13(16)7-11(8-17-14)6-10-2-4-12(15)5-3-10/h2-5,7-8H,6,16H2,1H3. The summed E-state index contributed by atoms with van der Waals surface area (Å²) >= 11 is 0. The average Bonchev–Trinajstić information content (AvgIpc) is 2.35. The van der Waals surface area contributed by atoms with Crippen LogP contribution in [-0.2, 0) is 11.2 Å². The fourth-order valence-electron chi connectivity index (χ4n) is 1.67. The second kappa shape index (κ2) is 5.48. The molecule has 98 valence electrons. The number of ether oxygens (including phenoxy) is 1. The van der Waals surface area contributed by atoms with Crippen LogP contribution in [0.3, 0.4) is 0 Å². The summed E-state index contributed by atoms with van der Waals surface area (Å²) in [5.41, 5.74) is 7.86. The van der Waals surface area contributed by atoms with Crippen molar-refractivity contribution < 1.29 is 13.9 Å². The van der Waals surface area contributed by atoms with Gasteiger partial charge in [-0.2, -0.15) is 0 Å². The van der Waals surface area contributed by atoms with E-state index in [2.05, 4.69) is 4.98 Å². The van der Waals surface area contributed by atoms with Crippen LogP contribution in [0.25, 0.3) is 0 Å². The van der Waals surface area contributed by atoms with Crippen LogP contribution in [0.15, 0.2) is 36.5 Å². The summed E-state index contributed by atoms with van der Waals surface area (Å²) in [5, 5.41) is 0. The maximum Gasteiger partial charge on any atom is 0.309 e. The maximum atomic E-state index is 12.8. The van der Waals surface area contributed by atoms with Crippen LogP contribution in [0.5, 0.6) is 5.88 Å². The molecule has 0 aliphatic heterocycles. The number of rotatable bonds is 3. The lowest BCUT2D eigenvalue weighted by atomic mass is 10.1. The molecule has 0 saturated heterocycles. The van der Waals surface area contributed by atoms with Gasteiger partial charge in [0.2, 0.25) is 5.88 Å². The largest absolute Gasteiger partial charge is 0.405 e. The predicted molar refractivity (Wildman–Crippen MR) is 69.2 cm³/mol. The fraction of sp³-hybridized carbons (Fsp3) is 0.143. The molecular weight excluding hydrogens is 247 g/mol. The van der Waals surface area contributed by atoms with Crippen molar-refractivity contribution in [2.75, 3.05) is 5.73 Å². The van der Waals surface area contributed by atoms with E-state index in [0.717, 1.165) is 11.1 Å². The molecule has 0 aliphatic rings. The zero-order chi connectivity index (χ0) is 13.8. The first-order valence-corrected chi connectivity index (χ1v) is 5.72. The minimum Gasteiger partial charge on any atom is -0.405 e. The molecule has 0 atom stereocenters. The van der Waals surface area contributed by atoms with Crippen LogP contribution in [0.4, 0.5) is 10.1 Å². The van der Waals surface area contributed by atoms with Gasteiger partial charge in [-0.1, -0.05) is 12.1 Å². The van der Waals surface area contributed by atoms with Gasteiger partial charge in [-0.25, -0.2) is 9.37 Å². The second-order valence-electron chi connectivity index (χ2n) is 4.13. The van der Waals surface area contributed by atoms with E-state index in [0.29, 0.717) is 12.1 Å². The van der Waals surface area contributed by atoms with Crippen molar-refractivity contribution in [2.45, 2.75) is 13.3 Å². The first-order valence-electron chi connectivity index (χ1n) is 5.72. The molecule has 1 heterocycles. The molecule has 1 aromatic heterocycles. The molecule has 5 heteroatoms. The molecule has 1 aromatic carbocycles. The summed E-state index contributed by atoms with van der Waals surface area (Å²) in [6, 6.07) is 7.89. The van der Waals surface area contributed by atoms with E-state index >= 15 is 0 Å². The van der Waals surface area contributed by atoms with Crippen molar-refractivity contribution in [3.63, 3.8) is 0 Å². The summed E-state index contributed by atoms with van der Waals surface area (Å²) in [6.07, 6.45) is 2.16. The normalized spacial score (nSPS) is 10.2. The molecule has 0 radical (unpaired) electrons. The van der Waals surface area contributed by atoms with Gasteiger partial charge in [0.1, 0.15) is 5.82 Å². The summed E-state index contributed by atoms with van der Waals surface area (Å²) in [4.78, 5) is 14.8. The Morgan fingerprint density at radius 2 is 2.00 bits per heavy atom. The molecule has 0 unspecified atom stereocenters. The molecule has 0 spiro atoms. The Balaban J connectivity index is 2.15. The molecule has 2 aromatic rings. The number of nitrogens with two attached hydrogens (primary N) is 1. The average molecular weight is 260 g/mol. The van der Waals surface area contributed by atoms with Crippen LogP contribution in [0, 0.1) is 5.82 Å². The van der Waals surface area contributed by atoms with E-state index in [1.54, 1.807) is 24.4 Å². The highest BCUT2D eigenvalue weighted by atomic mass is 19.1. The number of carbonyl (C=O) groups is 1. The second-order valence-corrected chi connectivity index (χ2v) is 4.13. The predicted octanol–water partition coefficient (Wildman–Crippen LogP) is 2.32. The van der Waals surface area contributed by atoms with E-state index < -0.39 is 5.97 Å². The highest BCUT2D eigenvalue weighted by Gasteiger charge is 2.07. The molecule has 19 heavy (non-hydrogen) atoms. The number of pyridine rings is 1. The van der Waals surface area contributed by atoms with Crippen molar-refractivity contribution >= 4 is 11.7 Å². The van der Waals surface area contributed by atoms with E-state index in [1.165, 1.54) is 19.1 Å². The number of benzene rings is 1. The van der Waals surface area contributed by atoms with Crippen molar-refractivity contribution in [2.24, 2.45) is 0 Å². The highest BCUT2D eigenvalue weighted by molar-refractivity contribution is 5.70. The Hall–Kier alpha value is -2.43. The molecule has 0 bridgehead atoms. The SMILES string of the molecule is CC(=O)Oc1ncc(Cc2ccc(F)cc2)cc1N. The van der Waals surface area contributed by atoms with Crippen LogP contribution in [0.2, 0.25) is 0 Å². The first-order chi connectivity index (χ1) is 9.04. The van der Waals surface area contributed by atoms with Gasteiger partial charge in [0, 0.05) is 13.1 Å². The Labute approximate surface area is 110 Å². The van der Waals surface area contributed by atoms with Gasteiger partial charge in [0.25, 0.3) is 0 Å². The minimum absolute atomic E-state index is 0.107. The van der Waals surface area contributed by atoms with E-state index in [4.69, 9.17) is 10.5 Å². The molecule has 0 fully saturated rings. The number of aromatic nitrogens is 1. The number of halogens is 1. The zero-order valence-electron chi connectivity index (χ0n) is 10.4. The molecule has 0 amide bonds. The third kappa shape index (κ3) is 3.51. The van der Waals surface area contributed by atoms with Gasteiger partial charge in [0.05, 0.1) is 5.69 Å². The quantitative estimate of drug-likeness (QED) is 0.860. The number of hydrogen-bond acceptors (Lipinski definition) is 4. The summed E-state index contributed by atoms with van der Waals surface area (Å²) in [7, 11) is 0. The number of esters is 1. The van der Waals surface area contributed by atoms with Crippen LogP contribution in [-0.4, -0.2) is 11.0 Å². The van der Waals surface area contributed by atoms with Crippen molar-refractivity contribution in [3.8, 4) is 5.88 Å². The Bertz CT molecular complexity index is 597. The lowest BCUT2D eigenvalue weighted by Gasteiger charge is -2.07. The fourth-order valence-corrected chi connectivity index (χ4v) is 1.67. The third-order valence-electron chi connectivity index (χ3n) is 2.50. The van der Waals surface area contributed by atoms with Crippen LogP contribution < -0.4 is 10.5 Å². The van der Waals surface area contributed by atoms with E-state index in [-0.39, 0.29) is 11.7 Å². The Morgan fingerprint density at radius 1 is 1.32 bits per heavy atom. The lowest BCUT2D eigenvalue weighted by Crippen LogP contribution is -2.06. The molecule has 4 nitrogen and oxygen atoms in total. The molecule has 0 saturated carbocycles. The lowest BCUT2D eigenvalue weighted by molar-refractivity contribution is -0.132. The highest BCUT2D eigenvalue weighted by Crippen LogP contribution is 2.20. The summed E-state index contributed by atoms with van der Waals surface area (Å²) < 4.78 is 17.6. The number of nitrogens with zero attached hydrogens (tertiary/aromatic N) is 1. The van der Waals surface area contributed by atoms with Gasteiger partial charge >= 0.3 is 5.97 Å². The summed E-state index contributed by atoms with van der Waals surface area (Å²) in [6.45, 7) is 1.29. The molecule has 2 rings (SSSR count). The van der Waals surface area contributed by atoms with Crippen LogP contribution >= 0.6 is 0 Å². The van der Waals surface area contributed by atoms with Gasteiger partial charge < -0.3 is 10.5 Å².